The second kappa shape index (κ2) is 6.07. The molecular formula is C20H21ClN2O4S. The van der Waals surface area contributed by atoms with E-state index in [2.05, 4.69) is 0 Å². The molecule has 4 aliphatic rings. The number of halogens is 1. The van der Waals surface area contributed by atoms with E-state index >= 15 is 0 Å². The Morgan fingerprint density at radius 2 is 1.50 bits per heavy atom. The number of aromatic nitrogens is 2. The Hall–Kier alpha value is -1.86. The molecule has 0 amide bonds. The molecule has 0 spiro atoms. The van der Waals surface area contributed by atoms with Crippen LogP contribution in [-0.4, -0.2) is 22.9 Å². The molecule has 28 heavy (non-hydrogen) atoms. The van der Waals surface area contributed by atoms with Gasteiger partial charge >= 0.3 is 5.69 Å². The normalized spacial score (nSPS) is 31.2. The molecule has 4 saturated carbocycles. The van der Waals surface area contributed by atoms with Gasteiger partial charge in [0.2, 0.25) is 5.91 Å². The van der Waals surface area contributed by atoms with Crippen molar-refractivity contribution in [3.05, 3.63) is 52.2 Å². The van der Waals surface area contributed by atoms with E-state index in [0.29, 0.717) is 26.7 Å². The molecule has 6 nitrogen and oxygen atoms in total. The summed E-state index contributed by atoms with van der Waals surface area (Å²) < 4.78 is 27.4. The van der Waals surface area contributed by atoms with Crippen LogP contribution in [0.5, 0.6) is 0 Å². The van der Waals surface area contributed by atoms with E-state index in [1.807, 2.05) is 0 Å². The van der Waals surface area contributed by atoms with Gasteiger partial charge in [0, 0.05) is 17.4 Å². The van der Waals surface area contributed by atoms with Gasteiger partial charge in [0.15, 0.2) is 0 Å². The van der Waals surface area contributed by atoms with Gasteiger partial charge in [0.1, 0.15) is 0 Å². The van der Waals surface area contributed by atoms with Crippen LogP contribution in [-0.2, 0) is 10.0 Å². The lowest BCUT2D eigenvalue weighted by atomic mass is 9.49. The third kappa shape index (κ3) is 2.63. The van der Waals surface area contributed by atoms with E-state index in [4.69, 9.17) is 11.6 Å². The molecule has 1 heterocycles. The van der Waals surface area contributed by atoms with E-state index < -0.39 is 21.1 Å². The molecule has 148 valence electrons. The van der Waals surface area contributed by atoms with Crippen molar-refractivity contribution in [2.45, 2.75) is 43.4 Å². The monoisotopic (exact) mass is 420 g/mol. The maximum absolute atomic E-state index is 13.4. The molecule has 1 aromatic heterocycles. The SMILES string of the molecule is O=C(n1ccn(S(=O)(=O)c2ccc(Cl)cc2)c1=O)C12CC3CC(CC(C3)C1)C2. The molecule has 0 radical (unpaired) electrons. The quantitative estimate of drug-likeness (QED) is 0.762. The molecule has 0 aliphatic heterocycles. The average Bonchev–Trinajstić information content (AvgIpc) is 3.02. The summed E-state index contributed by atoms with van der Waals surface area (Å²) in [5, 5.41) is 0.404. The van der Waals surface area contributed by atoms with Gasteiger partial charge in [-0.25, -0.2) is 17.8 Å². The largest absolute Gasteiger partial charge is 0.349 e. The van der Waals surface area contributed by atoms with E-state index in [9.17, 15) is 18.0 Å². The molecule has 0 atom stereocenters. The van der Waals surface area contributed by atoms with Gasteiger partial charge < -0.3 is 0 Å². The summed E-state index contributed by atoms with van der Waals surface area (Å²) in [7, 11) is -4.08. The molecule has 8 heteroatoms. The molecule has 1 aromatic carbocycles. The van der Waals surface area contributed by atoms with Gasteiger partial charge in [-0.15, -0.1) is 0 Å². The Balaban J connectivity index is 1.52. The van der Waals surface area contributed by atoms with E-state index in [-0.39, 0.29) is 10.8 Å². The Labute approximate surface area is 168 Å². The highest BCUT2D eigenvalue weighted by molar-refractivity contribution is 7.90. The van der Waals surface area contributed by atoms with E-state index in [1.54, 1.807) is 0 Å². The first-order chi connectivity index (χ1) is 13.3. The summed E-state index contributed by atoms with van der Waals surface area (Å²) in [5.41, 5.74) is -1.33. The summed E-state index contributed by atoms with van der Waals surface area (Å²) in [4.78, 5) is 26.2. The number of imidazole rings is 1. The summed E-state index contributed by atoms with van der Waals surface area (Å²) >= 11 is 5.82. The lowest BCUT2D eigenvalue weighted by Crippen LogP contribution is -2.52. The fourth-order valence-electron chi connectivity index (χ4n) is 6.05. The minimum atomic E-state index is -4.08. The third-order valence-corrected chi connectivity index (χ3v) is 8.74. The fourth-order valence-corrected chi connectivity index (χ4v) is 7.39. The van der Waals surface area contributed by atoms with Crippen LogP contribution in [0.25, 0.3) is 0 Å². The van der Waals surface area contributed by atoms with Crippen molar-refractivity contribution in [1.29, 1.82) is 0 Å². The van der Waals surface area contributed by atoms with Crippen molar-refractivity contribution >= 4 is 27.5 Å². The number of nitrogens with zero attached hydrogens (tertiary/aromatic N) is 2. The first-order valence-corrected chi connectivity index (χ1v) is 11.5. The third-order valence-electron chi connectivity index (χ3n) is 6.83. The summed E-state index contributed by atoms with van der Waals surface area (Å²) in [6.45, 7) is 0. The maximum Gasteiger partial charge on any atom is 0.349 e. The van der Waals surface area contributed by atoms with Gasteiger partial charge in [0.25, 0.3) is 10.0 Å². The standard InChI is InChI=1S/C20H21ClN2O4S/c21-16-1-3-17(4-2-16)28(26,27)23-6-5-22(19(23)25)18(24)20-10-13-7-14(11-20)9-15(8-13)12-20/h1-6,13-15H,7-12H2. The van der Waals surface area contributed by atoms with Crippen LogP contribution in [0.3, 0.4) is 0 Å². The van der Waals surface area contributed by atoms with Crippen molar-refractivity contribution in [3.63, 3.8) is 0 Å². The predicted octanol–water partition coefficient (Wildman–Crippen LogP) is 3.40. The van der Waals surface area contributed by atoms with Crippen LogP contribution < -0.4 is 5.69 Å². The van der Waals surface area contributed by atoms with Crippen LogP contribution in [0.15, 0.2) is 46.3 Å². The van der Waals surface area contributed by atoms with Gasteiger partial charge in [-0.05, 0) is 80.5 Å². The number of carbonyl (C=O) groups excluding carboxylic acids is 1. The Bertz CT molecular complexity index is 1080. The summed E-state index contributed by atoms with van der Waals surface area (Å²) in [6.07, 6.45) is 8.49. The fraction of sp³-hybridized carbons (Fsp3) is 0.500. The predicted molar refractivity (Wildman–Crippen MR) is 104 cm³/mol. The summed E-state index contributed by atoms with van der Waals surface area (Å²) in [6, 6.07) is 5.61. The molecule has 0 unspecified atom stereocenters. The zero-order valence-electron chi connectivity index (χ0n) is 15.3. The van der Waals surface area contributed by atoms with Crippen LogP contribution >= 0.6 is 11.6 Å². The Kier molecular flexibility index (Phi) is 3.94. The topological polar surface area (TPSA) is 78.1 Å². The van der Waals surface area contributed by atoms with Crippen molar-refractivity contribution in [2.24, 2.45) is 23.2 Å². The number of rotatable bonds is 3. The van der Waals surface area contributed by atoms with Crippen molar-refractivity contribution in [1.82, 2.24) is 8.54 Å². The van der Waals surface area contributed by atoms with Crippen LogP contribution in [0.1, 0.15) is 43.3 Å². The molecule has 4 aliphatic carbocycles. The molecule has 0 N–H and O–H groups in total. The summed E-state index contributed by atoms with van der Waals surface area (Å²) in [5.74, 6) is 1.45. The highest BCUT2D eigenvalue weighted by Crippen LogP contribution is 2.60. The van der Waals surface area contributed by atoms with Gasteiger partial charge in [-0.2, -0.15) is 3.97 Å². The Morgan fingerprint density at radius 3 is 2.04 bits per heavy atom. The molecule has 2 aromatic rings. The average molecular weight is 421 g/mol. The minimum Gasteiger partial charge on any atom is -0.273 e. The second-order valence-electron chi connectivity index (χ2n) is 8.71. The first kappa shape index (κ1) is 18.2. The number of hydrogen-bond donors (Lipinski definition) is 0. The van der Waals surface area contributed by atoms with E-state index in [1.165, 1.54) is 55.9 Å². The second-order valence-corrected chi connectivity index (χ2v) is 11.0. The molecular weight excluding hydrogens is 400 g/mol. The van der Waals surface area contributed by atoms with Crippen molar-refractivity contribution < 1.29 is 13.2 Å². The number of carbonyl (C=O) groups is 1. The van der Waals surface area contributed by atoms with Crippen LogP contribution in [0.2, 0.25) is 5.02 Å². The molecule has 0 saturated heterocycles. The van der Waals surface area contributed by atoms with Crippen LogP contribution in [0.4, 0.5) is 0 Å². The molecule has 4 bridgehead atoms. The zero-order valence-corrected chi connectivity index (χ0v) is 16.8. The lowest BCUT2D eigenvalue weighted by Gasteiger charge is -2.55. The number of benzene rings is 1. The highest BCUT2D eigenvalue weighted by atomic mass is 35.5. The van der Waals surface area contributed by atoms with Crippen molar-refractivity contribution in [2.75, 3.05) is 0 Å². The maximum atomic E-state index is 13.4. The van der Waals surface area contributed by atoms with Gasteiger partial charge in [-0.1, -0.05) is 11.6 Å². The number of hydrogen-bond acceptors (Lipinski definition) is 4. The van der Waals surface area contributed by atoms with Crippen LogP contribution in [0, 0.1) is 23.2 Å². The molecule has 6 rings (SSSR count). The smallest absolute Gasteiger partial charge is 0.273 e. The zero-order chi connectivity index (χ0) is 19.7. The van der Waals surface area contributed by atoms with Crippen molar-refractivity contribution in [3.8, 4) is 0 Å². The molecule has 4 fully saturated rings. The lowest BCUT2D eigenvalue weighted by molar-refractivity contribution is -0.0403. The Morgan fingerprint density at radius 1 is 0.964 bits per heavy atom. The van der Waals surface area contributed by atoms with E-state index in [0.717, 1.165) is 23.8 Å². The first-order valence-electron chi connectivity index (χ1n) is 9.64. The highest BCUT2D eigenvalue weighted by Gasteiger charge is 2.55. The minimum absolute atomic E-state index is 0.0426. The van der Waals surface area contributed by atoms with Gasteiger partial charge in [0.05, 0.1) is 10.3 Å². The van der Waals surface area contributed by atoms with Gasteiger partial charge in [-0.3, -0.25) is 4.79 Å².